The standard InChI is InChI=1S/C14H22N2O/c1-11(2)16(12(3)4)10-7-14(17)13-5-8-15-9-6-13/h5-6,8-9,11-12H,7,10H2,1-4H3. The second-order valence-electron chi connectivity index (χ2n) is 4.83. The number of Topliss-reactive ketones (excluding diaryl/α,β-unsaturated/α-hetero) is 1. The summed E-state index contributed by atoms with van der Waals surface area (Å²) in [5.41, 5.74) is 0.757. The zero-order chi connectivity index (χ0) is 12.8. The van der Waals surface area contributed by atoms with Gasteiger partial charge in [-0.2, -0.15) is 0 Å². The van der Waals surface area contributed by atoms with Crippen molar-refractivity contribution >= 4 is 5.78 Å². The molecule has 0 amide bonds. The highest BCUT2D eigenvalue weighted by atomic mass is 16.1. The fraction of sp³-hybridized carbons (Fsp3) is 0.571. The van der Waals surface area contributed by atoms with E-state index in [9.17, 15) is 4.79 Å². The Bertz CT molecular complexity index is 338. The molecule has 1 rings (SSSR count). The van der Waals surface area contributed by atoms with Gasteiger partial charge >= 0.3 is 0 Å². The van der Waals surface area contributed by atoms with E-state index in [1.54, 1.807) is 24.5 Å². The smallest absolute Gasteiger partial charge is 0.164 e. The minimum Gasteiger partial charge on any atom is -0.298 e. The van der Waals surface area contributed by atoms with Crippen LogP contribution in [0.1, 0.15) is 44.5 Å². The molecule has 17 heavy (non-hydrogen) atoms. The summed E-state index contributed by atoms with van der Waals surface area (Å²) < 4.78 is 0. The highest BCUT2D eigenvalue weighted by molar-refractivity contribution is 5.95. The third-order valence-corrected chi connectivity index (χ3v) is 2.93. The molecule has 0 fully saturated rings. The summed E-state index contributed by atoms with van der Waals surface area (Å²) in [6.07, 6.45) is 3.89. The molecule has 0 spiro atoms. The minimum atomic E-state index is 0.193. The maximum atomic E-state index is 11.9. The van der Waals surface area contributed by atoms with Gasteiger partial charge in [0.2, 0.25) is 0 Å². The topological polar surface area (TPSA) is 33.2 Å². The van der Waals surface area contributed by atoms with Crippen LogP contribution < -0.4 is 0 Å². The van der Waals surface area contributed by atoms with E-state index in [2.05, 4.69) is 37.6 Å². The van der Waals surface area contributed by atoms with E-state index in [0.29, 0.717) is 18.5 Å². The third kappa shape index (κ3) is 4.27. The van der Waals surface area contributed by atoms with Crippen LogP contribution >= 0.6 is 0 Å². The highest BCUT2D eigenvalue weighted by Crippen LogP contribution is 2.08. The zero-order valence-electron chi connectivity index (χ0n) is 11.2. The molecule has 1 aromatic heterocycles. The molecule has 0 radical (unpaired) electrons. The third-order valence-electron chi connectivity index (χ3n) is 2.93. The predicted octanol–water partition coefficient (Wildman–Crippen LogP) is 2.77. The molecule has 3 heteroatoms. The van der Waals surface area contributed by atoms with E-state index >= 15 is 0 Å². The first-order chi connectivity index (χ1) is 8.02. The van der Waals surface area contributed by atoms with Gasteiger partial charge in [0, 0.05) is 43.0 Å². The Kier molecular flexibility index (Phi) is 5.29. The maximum absolute atomic E-state index is 11.9. The summed E-state index contributed by atoms with van der Waals surface area (Å²) in [6.45, 7) is 9.47. The molecule has 1 heterocycles. The van der Waals surface area contributed by atoms with Gasteiger partial charge in [-0.25, -0.2) is 0 Å². The number of nitrogens with zero attached hydrogens (tertiary/aromatic N) is 2. The molecule has 0 aliphatic heterocycles. The number of hydrogen-bond donors (Lipinski definition) is 0. The lowest BCUT2D eigenvalue weighted by atomic mass is 10.1. The molecular weight excluding hydrogens is 212 g/mol. The summed E-state index contributed by atoms with van der Waals surface area (Å²) in [5, 5.41) is 0. The minimum absolute atomic E-state index is 0.193. The maximum Gasteiger partial charge on any atom is 0.164 e. The first-order valence-electron chi connectivity index (χ1n) is 6.21. The molecule has 0 N–H and O–H groups in total. The van der Waals surface area contributed by atoms with Crippen molar-refractivity contribution in [2.24, 2.45) is 0 Å². The lowest BCUT2D eigenvalue weighted by molar-refractivity contribution is 0.0940. The lowest BCUT2D eigenvalue weighted by Crippen LogP contribution is -2.38. The van der Waals surface area contributed by atoms with Crippen LogP contribution in [0, 0.1) is 0 Å². The van der Waals surface area contributed by atoms with Gasteiger partial charge < -0.3 is 0 Å². The van der Waals surface area contributed by atoms with Gasteiger partial charge in [-0.05, 0) is 39.8 Å². The Morgan fingerprint density at radius 2 is 1.71 bits per heavy atom. The quantitative estimate of drug-likeness (QED) is 0.710. The van der Waals surface area contributed by atoms with E-state index < -0.39 is 0 Å². The Morgan fingerprint density at radius 3 is 2.18 bits per heavy atom. The van der Waals surface area contributed by atoms with Gasteiger partial charge in [0.25, 0.3) is 0 Å². The van der Waals surface area contributed by atoms with Crippen LogP contribution in [-0.2, 0) is 0 Å². The molecular formula is C14H22N2O. The van der Waals surface area contributed by atoms with E-state index in [1.165, 1.54) is 0 Å². The molecule has 0 aromatic carbocycles. The normalized spacial score (nSPS) is 11.5. The van der Waals surface area contributed by atoms with Crippen LogP contribution in [0.5, 0.6) is 0 Å². The fourth-order valence-electron chi connectivity index (χ4n) is 2.03. The summed E-state index contributed by atoms with van der Waals surface area (Å²) >= 11 is 0. The van der Waals surface area contributed by atoms with Gasteiger partial charge in [0.05, 0.1) is 0 Å². The van der Waals surface area contributed by atoms with Crippen molar-refractivity contribution in [2.75, 3.05) is 6.54 Å². The van der Waals surface area contributed by atoms with E-state index in [-0.39, 0.29) is 5.78 Å². The second-order valence-corrected chi connectivity index (χ2v) is 4.83. The van der Waals surface area contributed by atoms with E-state index in [4.69, 9.17) is 0 Å². The highest BCUT2D eigenvalue weighted by Gasteiger charge is 2.15. The van der Waals surface area contributed by atoms with Gasteiger partial charge in [-0.3, -0.25) is 14.7 Å². The SMILES string of the molecule is CC(C)N(CCC(=O)c1ccncc1)C(C)C. The van der Waals surface area contributed by atoms with Crippen molar-refractivity contribution in [2.45, 2.75) is 46.2 Å². The molecule has 0 saturated carbocycles. The van der Waals surface area contributed by atoms with Gasteiger partial charge in [0.1, 0.15) is 0 Å². The Morgan fingerprint density at radius 1 is 1.18 bits per heavy atom. The Labute approximate surface area is 104 Å². The van der Waals surface area contributed by atoms with Crippen molar-refractivity contribution in [3.05, 3.63) is 30.1 Å². The number of rotatable bonds is 6. The number of carbonyl (C=O) groups excluding carboxylic acids is 1. The molecule has 0 saturated heterocycles. The average molecular weight is 234 g/mol. The monoisotopic (exact) mass is 234 g/mol. The number of ketones is 1. The molecule has 0 atom stereocenters. The lowest BCUT2D eigenvalue weighted by Gasteiger charge is -2.30. The van der Waals surface area contributed by atoms with Crippen LogP contribution in [0.25, 0.3) is 0 Å². The Hall–Kier alpha value is -1.22. The van der Waals surface area contributed by atoms with Crippen molar-refractivity contribution in [1.29, 1.82) is 0 Å². The molecule has 94 valence electrons. The van der Waals surface area contributed by atoms with Crippen LogP contribution in [0.4, 0.5) is 0 Å². The largest absolute Gasteiger partial charge is 0.298 e. The number of aromatic nitrogens is 1. The molecule has 0 unspecified atom stereocenters. The van der Waals surface area contributed by atoms with E-state index in [1.807, 2.05) is 0 Å². The molecule has 0 bridgehead atoms. The summed E-state index contributed by atoms with van der Waals surface area (Å²) in [4.78, 5) is 18.2. The number of pyridine rings is 1. The zero-order valence-corrected chi connectivity index (χ0v) is 11.2. The van der Waals surface area contributed by atoms with Gasteiger partial charge in [-0.1, -0.05) is 0 Å². The summed E-state index contributed by atoms with van der Waals surface area (Å²) in [5.74, 6) is 0.193. The predicted molar refractivity (Wildman–Crippen MR) is 70.2 cm³/mol. The summed E-state index contributed by atoms with van der Waals surface area (Å²) in [7, 11) is 0. The van der Waals surface area contributed by atoms with E-state index in [0.717, 1.165) is 12.1 Å². The average Bonchev–Trinajstić information content (AvgIpc) is 2.29. The van der Waals surface area contributed by atoms with Crippen LogP contribution in [0.2, 0.25) is 0 Å². The summed E-state index contributed by atoms with van der Waals surface area (Å²) in [6, 6.07) is 4.50. The van der Waals surface area contributed by atoms with Crippen molar-refractivity contribution in [1.82, 2.24) is 9.88 Å². The molecule has 0 aliphatic rings. The molecule has 1 aromatic rings. The van der Waals surface area contributed by atoms with Crippen LogP contribution in [0.3, 0.4) is 0 Å². The number of carbonyl (C=O) groups is 1. The molecule has 3 nitrogen and oxygen atoms in total. The van der Waals surface area contributed by atoms with Crippen molar-refractivity contribution in [3.8, 4) is 0 Å². The Balaban J connectivity index is 2.53. The van der Waals surface area contributed by atoms with Crippen molar-refractivity contribution < 1.29 is 4.79 Å². The van der Waals surface area contributed by atoms with Gasteiger partial charge in [0.15, 0.2) is 5.78 Å². The van der Waals surface area contributed by atoms with Crippen LogP contribution in [0.15, 0.2) is 24.5 Å². The first-order valence-corrected chi connectivity index (χ1v) is 6.21. The molecule has 0 aliphatic carbocycles. The number of hydrogen-bond acceptors (Lipinski definition) is 3. The fourth-order valence-corrected chi connectivity index (χ4v) is 2.03. The van der Waals surface area contributed by atoms with Gasteiger partial charge in [-0.15, -0.1) is 0 Å². The van der Waals surface area contributed by atoms with Crippen LogP contribution in [-0.4, -0.2) is 34.3 Å². The second kappa shape index (κ2) is 6.50. The first kappa shape index (κ1) is 13.8. The van der Waals surface area contributed by atoms with Crippen molar-refractivity contribution in [3.63, 3.8) is 0 Å².